The summed E-state index contributed by atoms with van der Waals surface area (Å²) in [5, 5.41) is 0. The van der Waals surface area contributed by atoms with Crippen molar-refractivity contribution < 1.29 is 13.8 Å². The van der Waals surface area contributed by atoms with Crippen LogP contribution in [0.25, 0.3) is 0 Å². The molecule has 0 atom stereocenters. The van der Waals surface area contributed by atoms with Crippen molar-refractivity contribution >= 4 is 70.3 Å². The number of thiocarbonyl (C=S) groups is 1. The Bertz CT molecular complexity index is 1040. The van der Waals surface area contributed by atoms with Crippen molar-refractivity contribution in [3.8, 4) is 48.1 Å². The number of hydrogen-bond donors (Lipinski definition) is 1. The van der Waals surface area contributed by atoms with Gasteiger partial charge in [-0.15, -0.1) is 36.5 Å². The zero-order valence-electron chi connectivity index (χ0n) is 19.3. The number of ether oxygens (including phenoxy) is 1. The van der Waals surface area contributed by atoms with E-state index >= 15 is 0 Å². The van der Waals surface area contributed by atoms with E-state index in [1.807, 2.05) is 25.2 Å². The van der Waals surface area contributed by atoms with E-state index in [0.717, 1.165) is 15.0 Å². The molecule has 0 aliphatic carbocycles. The molecule has 1 N–H and O–H groups in total. The van der Waals surface area contributed by atoms with Crippen LogP contribution in [0.15, 0.2) is 73.3 Å². The Morgan fingerprint density at radius 2 is 1.39 bits per heavy atom. The number of hydrogen-bond acceptors (Lipinski definition) is 6. The van der Waals surface area contributed by atoms with Crippen molar-refractivity contribution in [2.75, 3.05) is 0 Å². The molecule has 0 saturated heterocycles. The van der Waals surface area contributed by atoms with Crippen molar-refractivity contribution in [1.29, 1.82) is 4.35 Å². The van der Waals surface area contributed by atoms with Crippen LogP contribution in [0.5, 0.6) is 0 Å². The molecule has 0 aliphatic rings. The summed E-state index contributed by atoms with van der Waals surface area (Å²) in [4.78, 5) is 9.51. The molecule has 3 nitrogen and oxygen atoms in total. The average molecular weight is 550 g/mol. The van der Waals surface area contributed by atoms with E-state index in [1.54, 1.807) is 45.7 Å². The summed E-state index contributed by atoms with van der Waals surface area (Å²) in [6.45, 7) is 5.46. The van der Waals surface area contributed by atoms with Crippen molar-refractivity contribution in [1.82, 2.24) is 0 Å². The number of carbonyl (C=O) groups excluding carboxylic acids is 1. The molecule has 0 bridgehead atoms. The van der Waals surface area contributed by atoms with E-state index < -0.39 is 0 Å². The molecule has 0 heterocycles. The Morgan fingerprint density at radius 3 is 1.78 bits per heavy atom. The minimum absolute atomic E-state index is 0. The standard InChI is InChI=1S/C15H14S3.C9H2O2.C3H6.CH4.Al.B.HN.3H2/c16-15(17-11-13-7-3-1-4-8-13)18-12-14-9-5-2-6-10-14;1-2-3-4-5-6-7-8-11-9-10;1-3-2;;;;;;;/h1-10H,11-12H2;1,9H;3H,1H2,2H3;1H4;;;4*1H. The van der Waals surface area contributed by atoms with Crippen molar-refractivity contribution in [3.63, 3.8) is 0 Å². The Hall–Kier alpha value is -2.92. The topological polar surface area (TPSA) is 50.2 Å². The molecule has 0 aliphatic heterocycles. The van der Waals surface area contributed by atoms with Gasteiger partial charge in [-0.3, -0.25) is 4.79 Å². The summed E-state index contributed by atoms with van der Waals surface area (Å²) in [5.74, 6) is 15.4. The van der Waals surface area contributed by atoms with Crippen LogP contribution >= 0.6 is 35.7 Å². The summed E-state index contributed by atoms with van der Waals surface area (Å²) in [6, 6.07) is 20.9. The van der Waals surface area contributed by atoms with Crippen LogP contribution in [0.4, 0.5) is 0 Å². The zero-order valence-corrected chi connectivity index (χ0v) is 22.9. The first-order valence-electron chi connectivity index (χ1n) is 9.46. The number of rotatable bonds is 5. The molecular formula is C28H33AlBNO2S3. The predicted molar refractivity (Wildman–Crippen MR) is 171 cm³/mol. The van der Waals surface area contributed by atoms with Crippen molar-refractivity contribution in [3.05, 3.63) is 84.4 Å². The molecule has 2 rings (SSSR count). The van der Waals surface area contributed by atoms with Gasteiger partial charge in [0.1, 0.15) is 9.64 Å². The second-order valence-electron chi connectivity index (χ2n) is 5.29. The maximum absolute atomic E-state index is 9.51. The maximum atomic E-state index is 9.51. The molecule has 4 radical (unpaired) electrons. The van der Waals surface area contributed by atoms with Gasteiger partial charge in [-0.1, -0.05) is 86.4 Å². The Kier molecular flexibility index (Phi) is 38.3. The van der Waals surface area contributed by atoms with Gasteiger partial charge < -0.3 is 4.74 Å². The molecule has 0 spiro atoms. The molecule has 0 amide bonds. The number of thioether (sulfide) groups is 2. The van der Waals surface area contributed by atoms with E-state index in [0.29, 0.717) is 0 Å². The summed E-state index contributed by atoms with van der Waals surface area (Å²) in [7, 11) is 0. The third-order valence-corrected chi connectivity index (χ3v) is 5.72. The van der Waals surface area contributed by atoms with E-state index in [2.05, 4.69) is 95.4 Å². The quantitative estimate of drug-likeness (QED) is 0.143. The van der Waals surface area contributed by atoms with Gasteiger partial charge in [-0.25, -0.2) is 0 Å². The molecule has 2 aromatic rings. The first kappa shape index (κ1) is 40.3. The first-order valence-corrected chi connectivity index (χ1v) is 12.4. The number of terminal acetylenes is 1. The summed E-state index contributed by atoms with van der Waals surface area (Å²) >= 11 is 10.5. The fourth-order valence-corrected chi connectivity index (χ4v) is 3.68. The van der Waals surface area contributed by atoms with E-state index in [1.165, 1.54) is 11.1 Å². The van der Waals surface area contributed by atoms with E-state index in [-0.39, 0.29) is 26.6 Å². The van der Waals surface area contributed by atoms with Gasteiger partial charge in [0.25, 0.3) is 0 Å². The molecule has 36 heavy (non-hydrogen) atoms. The Labute approximate surface area is 245 Å². The summed E-state index contributed by atoms with van der Waals surface area (Å²) in [5.41, 5.74) is 2.65. The first-order chi connectivity index (χ1) is 16.7. The van der Waals surface area contributed by atoms with Gasteiger partial charge in [0.2, 0.25) is 0 Å². The van der Waals surface area contributed by atoms with Gasteiger partial charge in [0.15, 0.2) is 0 Å². The summed E-state index contributed by atoms with van der Waals surface area (Å²) in [6.07, 6.45) is 8.54. The Balaban J connectivity index is -0.0000000860. The van der Waals surface area contributed by atoms with E-state index in [9.17, 15) is 4.79 Å². The molecule has 0 aromatic heterocycles. The molecule has 2 aromatic carbocycles. The predicted octanol–water partition coefficient (Wildman–Crippen LogP) is 7.00. The van der Waals surface area contributed by atoms with Gasteiger partial charge >= 0.3 is 26.9 Å². The average Bonchev–Trinajstić information content (AvgIpc) is 2.89. The van der Waals surface area contributed by atoms with Gasteiger partial charge in [0, 0.05) is 42.0 Å². The van der Waals surface area contributed by atoms with Crippen molar-refractivity contribution in [2.24, 2.45) is 0 Å². The third-order valence-electron chi connectivity index (χ3n) is 2.88. The van der Waals surface area contributed by atoms with Gasteiger partial charge in [-0.2, -0.15) is 0 Å². The molecule has 0 unspecified atom stereocenters. The van der Waals surface area contributed by atoms with Crippen molar-refractivity contribution in [2.45, 2.75) is 25.9 Å². The number of nitrogens with one attached hydrogen (secondary N) is 1. The molecule has 186 valence electrons. The summed E-state index contributed by atoms with van der Waals surface area (Å²) < 4.78 is 10.7. The second-order valence-corrected chi connectivity index (χ2v) is 8.45. The fraction of sp³-hybridized carbons (Fsp3) is 0.143. The third kappa shape index (κ3) is 29.1. The Morgan fingerprint density at radius 1 is 1.00 bits per heavy atom. The number of carbonyl (C=O) groups is 1. The molecule has 0 fully saturated rings. The van der Waals surface area contributed by atoms with Crippen LogP contribution < -0.4 is 0 Å². The zero-order chi connectivity index (χ0) is 25.7. The van der Waals surface area contributed by atoms with Crippen LogP contribution in [0.3, 0.4) is 0 Å². The fourth-order valence-electron chi connectivity index (χ4n) is 1.68. The molecule has 0 saturated carbocycles. The van der Waals surface area contributed by atoms with Gasteiger partial charge in [-0.05, 0) is 35.8 Å². The van der Waals surface area contributed by atoms with Crippen LogP contribution in [0, 0.1) is 52.4 Å². The van der Waals surface area contributed by atoms with Crippen LogP contribution in [-0.2, 0) is 21.0 Å². The number of benzene rings is 2. The van der Waals surface area contributed by atoms with Crippen LogP contribution in [0.2, 0.25) is 0 Å². The normalized spacial score (nSPS) is 6.86. The monoisotopic (exact) mass is 549 g/mol. The SMILES string of the molecule is C.C#CC#CC#CC#COC=O.C=CC.S=C(SCc1ccccc1)SCc1ccccc1.[B].[HH].[HH].[HH].[NH]=[Al]. The molecular weight excluding hydrogens is 516 g/mol. The second kappa shape index (κ2) is 34.2. The number of allylic oxidation sites excluding steroid dienone is 1. The van der Waals surface area contributed by atoms with Crippen LogP contribution in [0.1, 0.15) is 29.8 Å². The van der Waals surface area contributed by atoms with Crippen LogP contribution in [-0.4, -0.2) is 34.5 Å². The molecule has 8 heteroatoms. The minimum atomic E-state index is 0. The van der Waals surface area contributed by atoms with Gasteiger partial charge in [0.05, 0.1) is 0 Å². The van der Waals surface area contributed by atoms with E-state index in [4.69, 9.17) is 23.0 Å².